The molecule has 12 heavy (non-hydrogen) atoms. The Kier molecular flexibility index (Phi) is 2.74. The first kappa shape index (κ1) is 8.20. The van der Waals surface area contributed by atoms with Crippen molar-refractivity contribution >= 4 is 35.2 Å². The van der Waals surface area contributed by atoms with Gasteiger partial charge in [-0.25, -0.2) is 0 Å². The summed E-state index contributed by atoms with van der Waals surface area (Å²) in [4.78, 5) is 0. The number of rotatable bonds is 1. The molecule has 3 nitrogen and oxygen atoms in total. The molecule has 0 atom stereocenters. The van der Waals surface area contributed by atoms with Crippen LogP contribution in [-0.4, -0.2) is 29.5 Å². The van der Waals surface area contributed by atoms with E-state index in [1.807, 2.05) is 6.07 Å². The van der Waals surface area contributed by atoms with Crippen LogP contribution in [0, 0.1) is 0 Å². The second-order valence-electron chi connectivity index (χ2n) is 2.27. The van der Waals surface area contributed by atoms with Gasteiger partial charge in [-0.3, -0.25) is 0 Å². The quantitative estimate of drug-likeness (QED) is 0.593. The predicted molar refractivity (Wildman–Crippen MR) is 52.5 cm³/mol. The standard InChI is InChI=1S/C6H7N3Si3/c1-2-4-6(5-3-1)9-11-7-10-8-12-9/h1-5,7-8H. The smallest absolute Gasteiger partial charge is 0.273 e. The molecule has 0 amide bonds. The maximum atomic E-state index is 3.31. The third-order valence-corrected chi connectivity index (χ3v) is 5.00. The Morgan fingerprint density at radius 1 is 1.00 bits per heavy atom. The van der Waals surface area contributed by atoms with Crippen LogP contribution in [0.15, 0.2) is 30.3 Å². The number of para-hydroxylation sites is 1. The van der Waals surface area contributed by atoms with Crippen molar-refractivity contribution in [2.75, 3.05) is 4.23 Å². The first-order valence-corrected chi connectivity index (χ1v) is 6.48. The summed E-state index contributed by atoms with van der Waals surface area (Å²) in [6, 6.07) is 10.5. The van der Waals surface area contributed by atoms with Crippen LogP contribution in [0.5, 0.6) is 0 Å². The van der Waals surface area contributed by atoms with Crippen LogP contribution < -0.4 is 13.5 Å². The van der Waals surface area contributed by atoms with Crippen LogP contribution in [0.25, 0.3) is 0 Å². The molecule has 0 unspecified atom stereocenters. The molecule has 0 aliphatic carbocycles. The Hall–Kier alpha value is -0.409. The molecule has 1 aromatic carbocycles. The van der Waals surface area contributed by atoms with Gasteiger partial charge in [-0.1, -0.05) is 18.2 Å². The van der Waals surface area contributed by atoms with Crippen LogP contribution in [0.3, 0.4) is 0 Å². The fraction of sp³-hybridized carbons (Fsp3) is 0. The molecule has 0 saturated carbocycles. The van der Waals surface area contributed by atoms with Gasteiger partial charge in [0.1, 0.15) is 0 Å². The summed E-state index contributed by atoms with van der Waals surface area (Å²) in [5, 5.41) is 0. The zero-order chi connectivity index (χ0) is 8.23. The molecule has 6 radical (unpaired) electrons. The fourth-order valence-electron chi connectivity index (χ4n) is 0.933. The van der Waals surface area contributed by atoms with Crippen molar-refractivity contribution in [3.8, 4) is 0 Å². The van der Waals surface area contributed by atoms with E-state index in [0.717, 1.165) is 0 Å². The average Bonchev–Trinajstić information content (AvgIpc) is 2.21. The van der Waals surface area contributed by atoms with Crippen LogP contribution in [0.2, 0.25) is 0 Å². The summed E-state index contributed by atoms with van der Waals surface area (Å²) < 4.78 is 8.94. The van der Waals surface area contributed by atoms with Gasteiger partial charge in [0, 0.05) is 5.69 Å². The Labute approximate surface area is 79.5 Å². The second-order valence-corrected chi connectivity index (χ2v) is 6.31. The number of hydrogen-bond donors (Lipinski definition) is 2. The van der Waals surface area contributed by atoms with Gasteiger partial charge in [0.25, 0.3) is 19.7 Å². The minimum Gasteiger partial charge on any atom is -0.401 e. The topological polar surface area (TPSA) is 27.3 Å². The fourth-order valence-corrected chi connectivity index (χ4v) is 4.87. The number of hydrogen-bond acceptors (Lipinski definition) is 3. The lowest BCUT2D eigenvalue weighted by molar-refractivity contribution is 1.31. The molecule has 0 spiro atoms. The Morgan fingerprint density at radius 2 is 1.67 bits per heavy atom. The maximum absolute atomic E-state index is 3.31. The van der Waals surface area contributed by atoms with E-state index in [9.17, 15) is 0 Å². The van der Waals surface area contributed by atoms with E-state index in [4.69, 9.17) is 0 Å². The van der Waals surface area contributed by atoms with Crippen molar-refractivity contribution in [3.63, 3.8) is 0 Å². The highest BCUT2D eigenvalue weighted by atomic mass is 28.4. The number of anilines is 1. The zero-order valence-electron chi connectivity index (χ0n) is 6.33. The van der Waals surface area contributed by atoms with Gasteiger partial charge >= 0.3 is 0 Å². The molecule has 1 aliphatic heterocycles. The van der Waals surface area contributed by atoms with Crippen molar-refractivity contribution < 1.29 is 0 Å². The van der Waals surface area contributed by atoms with Gasteiger partial charge in [0.2, 0.25) is 9.84 Å². The van der Waals surface area contributed by atoms with Gasteiger partial charge in [0.05, 0.1) is 0 Å². The Balaban J connectivity index is 2.08. The lowest BCUT2D eigenvalue weighted by Crippen LogP contribution is -2.58. The molecule has 6 heteroatoms. The van der Waals surface area contributed by atoms with Gasteiger partial charge in [-0.2, -0.15) is 0 Å². The minimum absolute atomic E-state index is 0.716. The van der Waals surface area contributed by atoms with Crippen molar-refractivity contribution in [3.05, 3.63) is 30.3 Å². The molecule has 1 fully saturated rings. The molecule has 58 valence electrons. The lowest BCUT2D eigenvalue weighted by Gasteiger charge is -2.26. The molecular formula is C6H7N3Si3. The number of nitrogens with zero attached hydrogens (tertiary/aromatic N) is 1. The van der Waals surface area contributed by atoms with Crippen LogP contribution in [0.4, 0.5) is 5.69 Å². The molecular weight excluding hydrogens is 198 g/mol. The van der Waals surface area contributed by atoms with E-state index < -0.39 is 0 Å². The van der Waals surface area contributed by atoms with Crippen LogP contribution in [0.1, 0.15) is 0 Å². The first-order valence-electron chi connectivity index (χ1n) is 3.58. The Morgan fingerprint density at radius 3 is 2.33 bits per heavy atom. The molecule has 0 bridgehead atoms. The second kappa shape index (κ2) is 4.01. The third kappa shape index (κ3) is 1.84. The number of nitrogens with one attached hydrogen (secondary N) is 2. The Bertz CT molecular complexity index is 237. The van der Waals surface area contributed by atoms with Gasteiger partial charge in [0.15, 0.2) is 0 Å². The summed E-state index contributed by atoms with van der Waals surface area (Å²) >= 11 is 0. The monoisotopic (exact) mass is 205 g/mol. The van der Waals surface area contributed by atoms with Crippen molar-refractivity contribution in [2.45, 2.75) is 0 Å². The predicted octanol–water partition coefficient (Wildman–Crippen LogP) is -0.712. The van der Waals surface area contributed by atoms with E-state index in [-0.39, 0.29) is 0 Å². The number of benzene rings is 1. The van der Waals surface area contributed by atoms with Crippen molar-refractivity contribution in [1.82, 2.24) is 9.30 Å². The summed E-state index contributed by atoms with van der Waals surface area (Å²) in [7, 11) is 2.15. The lowest BCUT2D eigenvalue weighted by atomic mass is 10.3. The SMILES string of the molecule is c1ccc(N2[Si]N[Si]N[Si]2)cc1. The third-order valence-electron chi connectivity index (χ3n) is 1.47. The zero-order valence-corrected chi connectivity index (χ0v) is 9.33. The summed E-state index contributed by atoms with van der Waals surface area (Å²) in [6.07, 6.45) is 0. The van der Waals surface area contributed by atoms with E-state index in [1.54, 1.807) is 0 Å². The summed E-state index contributed by atoms with van der Waals surface area (Å²) in [5.41, 5.74) is 1.29. The maximum Gasteiger partial charge on any atom is 0.273 e. The van der Waals surface area contributed by atoms with Crippen LogP contribution >= 0.6 is 0 Å². The molecule has 0 aromatic heterocycles. The molecule has 1 aliphatic rings. The largest absolute Gasteiger partial charge is 0.401 e. The highest BCUT2D eigenvalue weighted by Crippen LogP contribution is 2.09. The van der Waals surface area contributed by atoms with E-state index >= 15 is 0 Å². The average molecular weight is 205 g/mol. The summed E-state index contributed by atoms with van der Waals surface area (Å²) in [6.45, 7) is 0. The van der Waals surface area contributed by atoms with Gasteiger partial charge < -0.3 is 13.5 Å². The highest BCUT2D eigenvalue weighted by molar-refractivity contribution is 6.73. The highest BCUT2D eigenvalue weighted by Gasteiger charge is 2.13. The van der Waals surface area contributed by atoms with E-state index in [1.165, 1.54) is 5.69 Å². The molecule has 2 N–H and O–H groups in total. The van der Waals surface area contributed by atoms with Gasteiger partial charge in [-0.15, -0.1) is 0 Å². The minimum atomic E-state index is 0.716. The molecule has 1 heterocycles. The van der Waals surface area contributed by atoms with Gasteiger partial charge in [-0.05, 0) is 12.1 Å². The molecule has 1 saturated heterocycles. The van der Waals surface area contributed by atoms with E-state index in [0.29, 0.717) is 29.5 Å². The molecule has 1 aromatic rings. The summed E-state index contributed by atoms with van der Waals surface area (Å²) in [5.74, 6) is 0. The van der Waals surface area contributed by atoms with E-state index in [2.05, 4.69) is 37.8 Å². The van der Waals surface area contributed by atoms with Crippen molar-refractivity contribution in [2.24, 2.45) is 0 Å². The normalized spacial score (nSPS) is 17.8. The van der Waals surface area contributed by atoms with Crippen molar-refractivity contribution in [1.29, 1.82) is 0 Å². The first-order chi connectivity index (χ1) is 5.97. The van der Waals surface area contributed by atoms with Crippen LogP contribution in [-0.2, 0) is 0 Å². The molecule has 2 rings (SSSR count).